The van der Waals surface area contributed by atoms with Crippen molar-refractivity contribution < 1.29 is 14.4 Å². The van der Waals surface area contributed by atoms with Crippen molar-refractivity contribution in [3.8, 4) is 5.75 Å². The number of hydrogen-bond donors (Lipinski definition) is 2. The monoisotopic (exact) mass is 396 g/mol. The van der Waals surface area contributed by atoms with Gasteiger partial charge in [-0.25, -0.2) is 0 Å². The summed E-state index contributed by atoms with van der Waals surface area (Å²) in [6.07, 6.45) is 1.05. The molecule has 2 aromatic rings. The lowest BCUT2D eigenvalue weighted by atomic mass is 9.97. The van der Waals surface area contributed by atoms with Crippen molar-refractivity contribution in [1.29, 1.82) is 0 Å². The van der Waals surface area contributed by atoms with E-state index in [-0.39, 0.29) is 11.9 Å². The van der Waals surface area contributed by atoms with Gasteiger partial charge in [-0.2, -0.15) is 0 Å². The number of carbonyl (C=O) groups excluding carboxylic acids is 1. The van der Waals surface area contributed by atoms with Crippen LogP contribution in [0.2, 0.25) is 0 Å². The van der Waals surface area contributed by atoms with Crippen molar-refractivity contribution >= 4 is 17.3 Å². The minimum atomic E-state index is -0.0835. The summed E-state index contributed by atoms with van der Waals surface area (Å²) in [6.45, 7) is 10.1. The first kappa shape index (κ1) is 21.2. The highest BCUT2D eigenvalue weighted by Crippen LogP contribution is 2.28. The van der Waals surface area contributed by atoms with E-state index in [1.807, 2.05) is 43.3 Å². The predicted octanol–water partition coefficient (Wildman–Crippen LogP) is 2.94. The molecule has 3 rings (SSSR count). The van der Waals surface area contributed by atoms with E-state index in [9.17, 15) is 4.79 Å². The molecule has 0 bridgehead atoms. The standard InChI is InChI=1S/C24H33N3O2/c1-5-18(2)20-10-6-7-11-21(20)25-24(28)19(3)26-14-16-27(17-15-26)22-12-8-9-13-23(22)29-4/h6-13,18-19H,5,14-17H2,1-4H3,(H,25,28)/p+1/t18-,19-/m0/s1. The Labute approximate surface area is 174 Å². The largest absolute Gasteiger partial charge is 0.495 e. The minimum absolute atomic E-state index is 0.0835. The second-order valence-corrected chi connectivity index (χ2v) is 7.92. The van der Waals surface area contributed by atoms with Crippen molar-refractivity contribution in [2.45, 2.75) is 39.2 Å². The third kappa shape index (κ3) is 4.91. The zero-order valence-electron chi connectivity index (χ0n) is 18.1. The Morgan fingerprint density at radius 3 is 2.45 bits per heavy atom. The van der Waals surface area contributed by atoms with Gasteiger partial charge in [-0.3, -0.25) is 4.79 Å². The second-order valence-electron chi connectivity index (χ2n) is 7.92. The smallest absolute Gasteiger partial charge is 0.282 e. The molecule has 5 heteroatoms. The number of ether oxygens (including phenoxy) is 1. The summed E-state index contributed by atoms with van der Waals surface area (Å²) >= 11 is 0. The number of rotatable bonds is 7. The van der Waals surface area contributed by atoms with Crippen LogP contribution in [-0.4, -0.2) is 45.2 Å². The van der Waals surface area contributed by atoms with E-state index in [1.54, 1.807) is 7.11 Å². The van der Waals surface area contributed by atoms with E-state index in [0.717, 1.165) is 49.7 Å². The van der Waals surface area contributed by atoms with Gasteiger partial charge in [0, 0.05) is 5.69 Å². The fourth-order valence-electron chi connectivity index (χ4n) is 4.05. The maximum atomic E-state index is 13.0. The molecule has 2 aromatic carbocycles. The van der Waals surface area contributed by atoms with Gasteiger partial charge in [-0.1, -0.05) is 44.2 Å². The zero-order valence-corrected chi connectivity index (χ0v) is 18.1. The molecule has 1 aliphatic rings. The zero-order chi connectivity index (χ0) is 20.8. The summed E-state index contributed by atoms with van der Waals surface area (Å²) in [4.78, 5) is 16.6. The molecular formula is C24H34N3O2+. The molecule has 2 N–H and O–H groups in total. The lowest BCUT2D eigenvalue weighted by molar-refractivity contribution is -0.914. The van der Waals surface area contributed by atoms with Crippen molar-refractivity contribution in [2.75, 3.05) is 43.5 Å². The number of piperazine rings is 1. The summed E-state index contributed by atoms with van der Waals surface area (Å²) in [6, 6.07) is 16.2. The van der Waals surface area contributed by atoms with Gasteiger partial charge in [0.15, 0.2) is 6.04 Å². The average Bonchev–Trinajstić information content (AvgIpc) is 2.78. The van der Waals surface area contributed by atoms with Gasteiger partial charge in [-0.05, 0) is 43.0 Å². The number of para-hydroxylation sites is 3. The first-order chi connectivity index (χ1) is 14.0. The molecule has 156 valence electrons. The number of nitrogens with zero attached hydrogens (tertiary/aromatic N) is 1. The first-order valence-corrected chi connectivity index (χ1v) is 10.7. The van der Waals surface area contributed by atoms with Gasteiger partial charge >= 0.3 is 0 Å². The third-order valence-electron chi connectivity index (χ3n) is 6.20. The summed E-state index contributed by atoms with van der Waals surface area (Å²) < 4.78 is 5.50. The van der Waals surface area contributed by atoms with E-state index < -0.39 is 0 Å². The highest BCUT2D eigenvalue weighted by atomic mass is 16.5. The van der Waals surface area contributed by atoms with Gasteiger partial charge < -0.3 is 19.9 Å². The fraction of sp³-hybridized carbons (Fsp3) is 0.458. The SMILES string of the molecule is CC[C@H](C)c1ccccc1NC(=O)[C@H](C)[NH+]1CCN(c2ccccc2OC)CC1. The van der Waals surface area contributed by atoms with Crippen molar-refractivity contribution in [1.82, 2.24) is 0 Å². The summed E-state index contributed by atoms with van der Waals surface area (Å²) in [5.74, 6) is 1.43. The Kier molecular flexibility index (Phi) is 7.15. The van der Waals surface area contributed by atoms with Crippen LogP contribution in [0.15, 0.2) is 48.5 Å². The number of methoxy groups -OCH3 is 1. The molecule has 0 radical (unpaired) electrons. The highest BCUT2D eigenvalue weighted by molar-refractivity contribution is 5.94. The van der Waals surface area contributed by atoms with E-state index in [4.69, 9.17) is 4.74 Å². The van der Waals surface area contributed by atoms with Crippen LogP contribution < -0.4 is 19.9 Å². The van der Waals surface area contributed by atoms with Crippen LogP contribution in [0, 0.1) is 0 Å². The quantitative estimate of drug-likeness (QED) is 0.756. The van der Waals surface area contributed by atoms with E-state index >= 15 is 0 Å². The number of hydrogen-bond acceptors (Lipinski definition) is 3. The predicted molar refractivity (Wildman–Crippen MR) is 119 cm³/mol. The molecule has 29 heavy (non-hydrogen) atoms. The molecule has 0 unspecified atom stereocenters. The molecule has 0 aromatic heterocycles. The van der Waals surface area contributed by atoms with Gasteiger partial charge in [0.2, 0.25) is 0 Å². The lowest BCUT2D eigenvalue weighted by Crippen LogP contribution is -3.19. The van der Waals surface area contributed by atoms with Crippen LogP contribution in [0.4, 0.5) is 11.4 Å². The number of anilines is 2. The number of amides is 1. The second kappa shape index (κ2) is 9.79. The van der Waals surface area contributed by atoms with Crippen molar-refractivity contribution in [3.05, 3.63) is 54.1 Å². The van der Waals surface area contributed by atoms with Gasteiger partial charge in [0.1, 0.15) is 5.75 Å². The topological polar surface area (TPSA) is 46.0 Å². The molecule has 1 saturated heterocycles. The van der Waals surface area contributed by atoms with Crippen LogP contribution in [0.25, 0.3) is 0 Å². The summed E-state index contributed by atoms with van der Waals surface area (Å²) in [5.41, 5.74) is 3.30. The summed E-state index contributed by atoms with van der Waals surface area (Å²) in [7, 11) is 1.71. The van der Waals surface area contributed by atoms with Crippen molar-refractivity contribution in [2.24, 2.45) is 0 Å². The van der Waals surface area contributed by atoms with Crippen LogP contribution in [0.5, 0.6) is 5.75 Å². The first-order valence-electron chi connectivity index (χ1n) is 10.7. The normalized spacial score (nSPS) is 16.9. The Balaban J connectivity index is 1.61. The van der Waals surface area contributed by atoms with Gasteiger partial charge in [0.05, 0.1) is 39.0 Å². The van der Waals surface area contributed by atoms with E-state index in [2.05, 4.69) is 36.2 Å². The van der Waals surface area contributed by atoms with E-state index in [1.165, 1.54) is 10.5 Å². The Hall–Kier alpha value is -2.53. The van der Waals surface area contributed by atoms with Crippen LogP contribution in [0.1, 0.15) is 38.7 Å². The molecule has 0 spiro atoms. The third-order valence-corrected chi connectivity index (χ3v) is 6.20. The average molecular weight is 397 g/mol. The fourth-order valence-corrected chi connectivity index (χ4v) is 4.05. The minimum Gasteiger partial charge on any atom is -0.495 e. The molecule has 1 fully saturated rings. The molecule has 2 atom stereocenters. The highest BCUT2D eigenvalue weighted by Gasteiger charge is 2.30. The molecular weight excluding hydrogens is 362 g/mol. The molecule has 5 nitrogen and oxygen atoms in total. The van der Waals surface area contributed by atoms with Crippen LogP contribution >= 0.6 is 0 Å². The van der Waals surface area contributed by atoms with Crippen molar-refractivity contribution in [3.63, 3.8) is 0 Å². The number of benzene rings is 2. The van der Waals surface area contributed by atoms with Gasteiger partial charge in [-0.15, -0.1) is 0 Å². The molecule has 0 aliphatic carbocycles. The molecule has 0 saturated carbocycles. The Morgan fingerprint density at radius 2 is 1.76 bits per heavy atom. The number of carbonyl (C=O) groups is 1. The number of nitrogens with one attached hydrogen (secondary N) is 2. The van der Waals surface area contributed by atoms with E-state index in [0.29, 0.717) is 5.92 Å². The maximum absolute atomic E-state index is 13.0. The molecule has 1 amide bonds. The van der Waals surface area contributed by atoms with Crippen LogP contribution in [0.3, 0.4) is 0 Å². The Morgan fingerprint density at radius 1 is 1.10 bits per heavy atom. The number of quaternary nitrogens is 1. The van der Waals surface area contributed by atoms with Crippen LogP contribution in [-0.2, 0) is 4.79 Å². The molecule has 1 heterocycles. The van der Waals surface area contributed by atoms with Gasteiger partial charge in [0.25, 0.3) is 5.91 Å². The lowest BCUT2D eigenvalue weighted by Gasteiger charge is -2.36. The molecule has 1 aliphatic heterocycles. The Bertz CT molecular complexity index is 815. The maximum Gasteiger partial charge on any atom is 0.282 e. The summed E-state index contributed by atoms with van der Waals surface area (Å²) in [5, 5.41) is 3.19.